The summed E-state index contributed by atoms with van der Waals surface area (Å²) in [6.07, 6.45) is 1.46. The van der Waals surface area contributed by atoms with Crippen molar-refractivity contribution < 1.29 is 24.1 Å². The fourth-order valence-electron chi connectivity index (χ4n) is 4.04. The molecule has 0 radical (unpaired) electrons. The van der Waals surface area contributed by atoms with Gasteiger partial charge >= 0.3 is 0 Å². The molecular weight excluding hydrogens is 578 g/mol. The minimum absolute atomic E-state index is 0.0563. The van der Waals surface area contributed by atoms with Gasteiger partial charge in [-0.1, -0.05) is 67.1 Å². The molecule has 4 amide bonds. The molecule has 42 heavy (non-hydrogen) atoms. The van der Waals surface area contributed by atoms with Gasteiger partial charge < -0.3 is 21.3 Å². The first-order valence-corrected chi connectivity index (χ1v) is 15.9. The first-order valence-electron chi connectivity index (χ1n) is 13.7. The number of carbonyl (C=O) groups excluding carboxylic acids is 4. The molecule has 2 aromatic rings. The highest BCUT2D eigenvalue weighted by Crippen LogP contribution is 2.40. The summed E-state index contributed by atoms with van der Waals surface area (Å²) in [4.78, 5) is 62.3. The molecule has 4 N–H and O–H groups in total. The number of nitrogens with zero attached hydrogens (tertiary/aromatic N) is 1. The summed E-state index contributed by atoms with van der Waals surface area (Å²) in [5.74, 6) is -1.37. The van der Waals surface area contributed by atoms with E-state index in [1.807, 2.05) is 44.2 Å². The topological polar surface area (TPSA) is 160 Å². The fraction of sp³-hybridized carbons (Fsp3) is 0.448. The molecule has 2 rings (SSSR count). The van der Waals surface area contributed by atoms with Crippen LogP contribution in [0.3, 0.4) is 0 Å². The van der Waals surface area contributed by atoms with E-state index in [4.69, 9.17) is 0 Å². The van der Waals surface area contributed by atoms with Gasteiger partial charge in [-0.3, -0.25) is 29.3 Å². The Hall–Kier alpha value is -3.58. The molecule has 0 bridgehead atoms. The van der Waals surface area contributed by atoms with E-state index in [9.17, 15) is 29.3 Å². The number of likely N-dealkylation sites (N-methyl/N-ethyl adjacent to an activating group) is 1. The van der Waals surface area contributed by atoms with Crippen molar-refractivity contribution in [3.8, 4) is 0 Å². The van der Waals surface area contributed by atoms with Gasteiger partial charge in [0.1, 0.15) is 12.1 Å². The van der Waals surface area contributed by atoms with Crippen LogP contribution in [0.2, 0.25) is 0 Å². The van der Waals surface area contributed by atoms with Crippen LogP contribution in [0, 0.1) is 16.0 Å². The number of hydrogen-bond donors (Lipinski definition) is 4. The van der Waals surface area contributed by atoms with Gasteiger partial charge in [0.05, 0.1) is 15.1 Å². The molecule has 11 nitrogen and oxygen atoms in total. The van der Waals surface area contributed by atoms with E-state index in [1.165, 1.54) is 20.0 Å². The summed E-state index contributed by atoms with van der Waals surface area (Å²) in [5.41, 5.74) is 0.807. The third kappa shape index (κ3) is 12.1. The number of hydrogen-bond acceptors (Lipinski definition) is 8. The van der Waals surface area contributed by atoms with Gasteiger partial charge in [-0.2, -0.15) is 0 Å². The van der Waals surface area contributed by atoms with Crippen LogP contribution in [0.5, 0.6) is 0 Å². The molecule has 13 heteroatoms. The van der Waals surface area contributed by atoms with Crippen molar-refractivity contribution in [3.63, 3.8) is 0 Å². The predicted molar refractivity (Wildman–Crippen MR) is 166 cm³/mol. The molecule has 0 heterocycles. The van der Waals surface area contributed by atoms with E-state index < -0.39 is 34.1 Å². The summed E-state index contributed by atoms with van der Waals surface area (Å²) < 4.78 is 0. The van der Waals surface area contributed by atoms with Crippen LogP contribution in [0.1, 0.15) is 45.6 Å². The number of para-hydroxylation sites is 1. The second kappa shape index (κ2) is 18.1. The Morgan fingerprint density at radius 1 is 0.905 bits per heavy atom. The van der Waals surface area contributed by atoms with Gasteiger partial charge in [-0.25, -0.2) is 0 Å². The quantitative estimate of drug-likeness (QED) is 0.0907. The van der Waals surface area contributed by atoms with E-state index in [0.717, 1.165) is 27.2 Å². The van der Waals surface area contributed by atoms with Gasteiger partial charge in [0.15, 0.2) is 0 Å². The molecule has 0 fully saturated rings. The van der Waals surface area contributed by atoms with Crippen molar-refractivity contribution in [2.75, 3.05) is 13.6 Å². The van der Waals surface area contributed by atoms with Crippen molar-refractivity contribution in [2.45, 2.75) is 68.7 Å². The zero-order valence-corrected chi connectivity index (χ0v) is 25.9. The highest BCUT2D eigenvalue weighted by Gasteiger charge is 2.30. The average molecular weight is 618 g/mol. The van der Waals surface area contributed by atoms with E-state index >= 15 is 0 Å². The minimum Gasteiger partial charge on any atom is -0.357 e. The van der Waals surface area contributed by atoms with Gasteiger partial charge in [-0.15, -0.1) is 0 Å². The Morgan fingerprint density at radius 2 is 1.55 bits per heavy atom. The van der Waals surface area contributed by atoms with Crippen LogP contribution in [-0.4, -0.2) is 59.5 Å². The number of amides is 4. The minimum atomic E-state index is -0.907. The van der Waals surface area contributed by atoms with Crippen molar-refractivity contribution >= 4 is 50.9 Å². The predicted octanol–water partition coefficient (Wildman–Crippen LogP) is 3.62. The van der Waals surface area contributed by atoms with E-state index in [2.05, 4.69) is 21.3 Å². The molecule has 0 aliphatic carbocycles. The molecule has 2 aromatic carbocycles. The molecule has 0 spiro atoms. The van der Waals surface area contributed by atoms with Crippen LogP contribution < -0.4 is 21.3 Å². The zero-order valence-electron chi connectivity index (χ0n) is 24.3. The maximum absolute atomic E-state index is 13.5. The smallest absolute Gasteiger partial charge is 0.283 e. The molecule has 228 valence electrons. The molecule has 0 saturated heterocycles. The number of nitro benzene ring substituents is 1. The molecule has 0 aliphatic heterocycles. The largest absolute Gasteiger partial charge is 0.357 e. The lowest BCUT2D eigenvalue weighted by Crippen LogP contribution is -2.55. The maximum atomic E-state index is 13.5. The number of nitrogens with one attached hydrogen (secondary N) is 4. The Morgan fingerprint density at radius 3 is 2.17 bits per heavy atom. The summed E-state index contributed by atoms with van der Waals surface area (Å²) in [6.45, 7) is 5.62. The maximum Gasteiger partial charge on any atom is 0.283 e. The summed E-state index contributed by atoms with van der Waals surface area (Å²) >= 11 is 0. The Balaban J connectivity index is 2.20. The summed E-state index contributed by atoms with van der Waals surface area (Å²) in [5, 5.41) is 21.7. The van der Waals surface area contributed by atoms with Crippen LogP contribution in [-0.2, 0) is 25.6 Å². The van der Waals surface area contributed by atoms with Crippen molar-refractivity contribution in [1.29, 1.82) is 0 Å². The number of carbonyl (C=O) groups is 4. The monoisotopic (exact) mass is 617 g/mol. The average Bonchev–Trinajstić information content (AvgIpc) is 2.95. The lowest BCUT2D eigenvalue weighted by Gasteiger charge is -2.25. The zero-order chi connectivity index (χ0) is 31.1. The molecule has 1 unspecified atom stereocenters. The lowest BCUT2D eigenvalue weighted by molar-refractivity contribution is -0.387. The van der Waals surface area contributed by atoms with Crippen LogP contribution in [0.15, 0.2) is 59.5 Å². The summed E-state index contributed by atoms with van der Waals surface area (Å²) in [6, 6.07) is 13.8. The Labute approximate surface area is 254 Å². The third-order valence-corrected chi connectivity index (χ3v) is 8.95. The van der Waals surface area contributed by atoms with Gasteiger partial charge in [0, 0.05) is 33.0 Å². The Bertz CT molecular complexity index is 1210. The first-order chi connectivity index (χ1) is 20.0. The second-order valence-corrected chi connectivity index (χ2v) is 12.5. The Kier molecular flexibility index (Phi) is 14.9. The van der Waals surface area contributed by atoms with E-state index in [0.29, 0.717) is 30.7 Å². The van der Waals surface area contributed by atoms with Crippen molar-refractivity contribution in [1.82, 2.24) is 21.3 Å². The normalized spacial score (nSPS) is 13.0. The second-order valence-electron chi connectivity index (χ2n) is 10.1. The van der Waals surface area contributed by atoms with Gasteiger partial charge in [0.2, 0.25) is 23.6 Å². The van der Waals surface area contributed by atoms with Crippen molar-refractivity contribution in [2.24, 2.45) is 5.92 Å². The van der Waals surface area contributed by atoms with E-state index in [1.54, 1.807) is 18.2 Å². The van der Waals surface area contributed by atoms with E-state index in [-0.39, 0.29) is 29.8 Å². The highest BCUT2D eigenvalue weighted by atomic mass is 33.1. The SMILES string of the molecule is CNC(=O)[C@H](Cc1ccccc1)NC(=O)[C@H](CC(C)C)NC(=O)C(CCCNC(C)=O)SSc1ccccc1[N+](=O)[O-]. The van der Waals surface area contributed by atoms with Crippen LogP contribution in [0.4, 0.5) is 5.69 Å². The molecule has 3 atom stereocenters. The van der Waals surface area contributed by atoms with Gasteiger partial charge in [-0.05, 0) is 47.6 Å². The number of benzene rings is 2. The molecule has 0 aliphatic rings. The fourth-order valence-corrected chi connectivity index (χ4v) is 6.67. The highest BCUT2D eigenvalue weighted by molar-refractivity contribution is 8.77. The lowest BCUT2D eigenvalue weighted by atomic mass is 10.0. The first kappa shape index (κ1) is 34.6. The molecular formula is C29H39N5O6S2. The van der Waals surface area contributed by atoms with Gasteiger partial charge in [0.25, 0.3) is 5.69 Å². The summed E-state index contributed by atoms with van der Waals surface area (Å²) in [7, 11) is 3.78. The van der Waals surface area contributed by atoms with Crippen LogP contribution >= 0.6 is 21.6 Å². The molecule has 0 saturated carbocycles. The number of nitro groups is 1. The van der Waals surface area contributed by atoms with Crippen LogP contribution in [0.25, 0.3) is 0 Å². The third-order valence-electron chi connectivity index (χ3n) is 6.13. The molecule has 0 aromatic heterocycles. The standard InChI is InChI=1S/C29H39N5O6S2/c1-19(2)17-22(28(37)32-23(27(36)30-4)18-21-11-6-5-7-12-21)33-29(38)26(15-10-16-31-20(3)35)42-41-25-14-9-8-13-24(25)34(39)40/h5-9,11-14,19,22-23,26H,10,15-18H2,1-4H3,(H,30,36)(H,31,35)(H,32,37)(H,33,38)/t22-,23-,26?/m0/s1. The number of rotatable bonds is 17. The van der Waals surface area contributed by atoms with Crippen molar-refractivity contribution in [3.05, 3.63) is 70.3 Å².